The Balaban J connectivity index is 2.96. The van der Waals surface area contributed by atoms with E-state index in [2.05, 4.69) is 27.2 Å². The van der Waals surface area contributed by atoms with Gasteiger partial charge in [-0.3, -0.25) is 0 Å². The number of hydrogen-bond acceptors (Lipinski definition) is 1. The molecule has 0 aromatic heterocycles. The molecule has 86 valence electrons. The molecule has 0 aliphatic carbocycles. The van der Waals surface area contributed by atoms with Crippen LogP contribution in [0.25, 0.3) is 0 Å². The molecule has 0 aliphatic rings. The highest BCUT2D eigenvalue weighted by molar-refractivity contribution is 9.10. The standard InChI is InChI=1S/C13H15BrFN/c1-3-5-9-12(16-4-2)13-10(14)7-6-8-11(13)15/h1,6-8,12,16H,4-5,9H2,2H3. The first kappa shape index (κ1) is 13.2. The Hall–Kier alpha value is -0.850. The van der Waals surface area contributed by atoms with Gasteiger partial charge in [0.05, 0.1) is 0 Å². The average molecular weight is 284 g/mol. The Bertz CT molecular complexity index is 364. The van der Waals surface area contributed by atoms with Gasteiger partial charge in [0.15, 0.2) is 0 Å². The van der Waals surface area contributed by atoms with Gasteiger partial charge in [-0.15, -0.1) is 12.3 Å². The van der Waals surface area contributed by atoms with Crippen LogP contribution in [0.5, 0.6) is 0 Å². The highest BCUT2D eigenvalue weighted by atomic mass is 79.9. The zero-order valence-electron chi connectivity index (χ0n) is 9.26. The van der Waals surface area contributed by atoms with Crippen molar-refractivity contribution in [2.24, 2.45) is 0 Å². The van der Waals surface area contributed by atoms with Crippen LogP contribution >= 0.6 is 15.9 Å². The van der Waals surface area contributed by atoms with Crippen LogP contribution in [0.4, 0.5) is 4.39 Å². The van der Waals surface area contributed by atoms with Crippen molar-refractivity contribution in [1.29, 1.82) is 0 Å². The lowest BCUT2D eigenvalue weighted by Crippen LogP contribution is -2.22. The molecular formula is C13H15BrFN. The Kier molecular flexibility index (Phi) is 5.51. The first-order valence-electron chi connectivity index (χ1n) is 5.31. The Morgan fingerprint density at radius 3 is 2.88 bits per heavy atom. The van der Waals surface area contributed by atoms with Crippen LogP contribution in [-0.2, 0) is 0 Å². The molecule has 0 saturated carbocycles. The van der Waals surface area contributed by atoms with Crippen molar-refractivity contribution in [1.82, 2.24) is 5.32 Å². The van der Waals surface area contributed by atoms with Gasteiger partial charge in [0.2, 0.25) is 0 Å². The number of hydrogen-bond donors (Lipinski definition) is 1. The highest BCUT2D eigenvalue weighted by Crippen LogP contribution is 2.28. The van der Waals surface area contributed by atoms with Crippen LogP contribution in [0.15, 0.2) is 22.7 Å². The molecule has 0 fully saturated rings. The van der Waals surface area contributed by atoms with Gasteiger partial charge in [-0.05, 0) is 25.1 Å². The normalized spacial score (nSPS) is 12.1. The second-order valence-corrected chi connectivity index (χ2v) is 4.34. The molecule has 1 aromatic rings. The summed E-state index contributed by atoms with van der Waals surface area (Å²) in [6.45, 7) is 2.79. The lowest BCUT2D eigenvalue weighted by atomic mass is 10.0. The van der Waals surface area contributed by atoms with Gasteiger partial charge in [0, 0.05) is 22.5 Å². The predicted molar refractivity (Wildman–Crippen MR) is 68.6 cm³/mol. The summed E-state index contributed by atoms with van der Waals surface area (Å²) >= 11 is 3.38. The second kappa shape index (κ2) is 6.67. The van der Waals surface area contributed by atoms with Crippen molar-refractivity contribution in [3.63, 3.8) is 0 Å². The van der Waals surface area contributed by atoms with Crippen LogP contribution in [0.1, 0.15) is 31.4 Å². The van der Waals surface area contributed by atoms with E-state index in [1.807, 2.05) is 13.0 Å². The maximum absolute atomic E-state index is 13.7. The van der Waals surface area contributed by atoms with E-state index in [-0.39, 0.29) is 11.9 Å². The smallest absolute Gasteiger partial charge is 0.129 e. The lowest BCUT2D eigenvalue weighted by Gasteiger charge is -2.19. The fourth-order valence-electron chi connectivity index (χ4n) is 1.67. The molecule has 1 unspecified atom stereocenters. The molecule has 1 rings (SSSR count). The fourth-order valence-corrected chi connectivity index (χ4v) is 2.28. The third kappa shape index (κ3) is 3.33. The number of benzene rings is 1. The van der Waals surface area contributed by atoms with E-state index in [0.29, 0.717) is 12.0 Å². The molecule has 0 radical (unpaired) electrons. The molecule has 0 saturated heterocycles. The van der Waals surface area contributed by atoms with Crippen molar-refractivity contribution in [2.45, 2.75) is 25.8 Å². The van der Waals surface area contributed by atoms with Crippen molar-refractivity contribution in [3.8, 4) is 12.3 Å². The molecule has 0 spiro atoms. The molecular weight excluding hydrogens is 269 g/mol. The topological polar surface area (TPSA) is 12.0 Å². The van der Waals surface area contributed by atoms with Gasteiger partial charge >= 0.3 is 0 Å². The number of rotatable bonds is 5. The fraction of sp³-hybridized carbons (Fsp3) is 0.385. The van der Waals surface area contributed by atoms with Crippen LogP contribution in [0.2, 0.25) is 0 Å². The van der Waals surface area contributed by atoms with Crippen molar-refractivity contribution < 1.29 is 4.39 Å². The van der Waals surface area contributed by atoms with Crippen LogP contribution < -0.4 is 5.32 Å². The maximum atomic E-state index is 13.7. The minimum absolute atomic E-state index is 0.0309. The zero-order chi connectivity index (χ0) is 12.0. The van der Waals surface area contributed by atoms with E-state index in [0.717, 1.165) is 17.4 Å². The SMILES string of the molecule is C#CCCC(NCC)c1c(F)cccc1Br. The summed E-state index contributed by atoms with van der Waals surface area (Å²) in [5.74, 6) is 2.39. The molecule has 0 aliphatic heterocycles. The van der Waals surface area contributed by atoms with Crippen LogP contribution in [-0.4, -0.2) is 6.54 Å². The molecule has 1 nitrogen and oxygen atoms in total. The summed E-state index contributed by atoms with van der Waals surface area (Å²) in [6, 6.07) is 4.98. The largest absolute Gasteiger partial charge is 0.310 e. The molecule has 16 heavy (non-hydrogen) atoms. The summed E-state index contributed by atoms with van der Waals surface area (Å²) in [5, 5.41) is 3.25. The Morgan fingerprint density at radius 2 is 2.31 bits per heavy atom. The summed E-state index contributed by atoms with van der Waals surface area (Å²) < 4.78 is 14.5. The zero-order valence-corrected chi connectivity index (χ0v) is 10.8. The number of terminal acetylenes is 1. The van der Waals surface area contributed by atoms with Gasteiger partial charge in [-0.1, -0.05) is 28.9 Å². The molecule has 3 heteroatoms. The lowest BCUT2D eigenvalue weighted by molar-refractivity contribution is 0.488. The number of nitrogens with one attached hydrogen (secondary N) is 1. The van der Waals surface area contributed by atoms with Gasteiger partial charge in [-0.25, -0.2) is 4.39 Å². The molecule has 0 bridgehead atoms. The monoisotopic (exact) mass is 283 g/mol. The van der Waals surface area contributed by atoms with Gasteiger partial charge in [0.1, 0.15) is 5.82 Å². The first-order valence-corrected chi connectivity index (χ1v) is 6.10. The molecule has 1 N–H and O–H groups in total. The molecule has 0 heterocycles. The predicted octanol–water partition coefficient (Wildman–Crippen LogP) is 3.65. The van der Waals surface area contributed by atoms with Gasteiger partial charge in [-0.2, -0.15) is 0 Å². The Labute approximate surface area is 105 Å². The van der Waals surface area contributed by atoms with Crippen molar-refractivity contribution >= 4 is 15.9 Å². The van der Waals surface area contributed by atoms with E-state index < -0.39 is 0 Å². The summed E-state index contributed by atoms with van der Waals surface area (Å²) in [4.78, 5) is 0. The maximum Gasteiger partial charge on any atom is 0.129 e. The minimum atomic E-state index is -0.197. The summed E-state index contributed by atoms with van der Waals surface area (Å²) in [6.07, 6.45) is 6.62. The molecule has 1 atom stereocenters. The van der Waals surface area contributed by atoms with E-state index >= 15 is 0 Å². The third-order valence-corrected chi connectivity index (χ3v) is 3.07. The van der Waals surface area contributed by atoms with Crippen LogP contribution in [0, 0.1) is 18.2 Å². The highest BCUT2D eigenvalue weighted by Gasteiger charge is 2.16. The summed E-state index contributed by atoms with van der Waals surface area (Å²) in [7, 11) is 0. The molecule has 0 amide bonds. The molecule has 1 aromatic carbocycles. The van der Waals surface area contributed by atoms with Crippen LogP contribution in [0.3, 0.4) is 0 Å². The first-order chi connectivity index (χ1) is 7.70. The second-order valence-electron chi connectivity index (χ2n) is 3.49. The minimum Gasteiger partial charge on any atom is -0.310 e. The van der Waals surface area contributed by atoms with Gasteiger partial charge in [0.25, 0.3) is 0 Å². The quantitative estimate of drug-likeness (QED) is 0.814. The van der Waals surface area contributed by atoms with Gasteiger partial charge < -0.3 is 5.32 Å². The van der Waals surface area contributed by atoms with Crippen molar-refractivity contribution in [3.05, 3.63) is 34.1 Å². The van der Waals surface area contributed by atoms with E-state index in [9.17, 15) is 4.39 Å². The van der Waals surface area contributed by atoms with Crippen molar-refractivity contribution in [2.75, 3.05) is 6.54 Å². The average Bonchev–Trinajstić information content (AvgIpc) is 2.25. The summed E-state index contributed by atoms with van der Waals surface area (Å²) in [5.41, 5.74) is 0.666. The van der Waals surface area contributed by atoms with E-state index in [1.165, 1.54) is 6.07 Å². The van der Waals surface area contributed by atoms with E-state index in [1.54, 1.807) is 6.07 Å². The number of halogens is 2. The Morgan fingerprint density at radius 1 is 1.56 bits per heavy atom. The third-order valence-electron chi connectivity index (χ3n) is 2.38. The van der Waals surface area contributed by atoms with E-state index in [4.69, 9.17) is 6.42 Å².